The van der Waals surface area contributed by atoms with Crippen LogP contribution in [0.2, 0.25) is 0 Å². The molecular weight excluding hydrogens is 656 g/mol. The summed E-state index contributed by atoms with van der Waals surface area (Å²) in [6, 6.07) is 13.1. The van der Waals surface area contributed by atoms with Crippen LogP contribution in [0, 0.1) is 0 Å². The number of hydrogen-bond donors (Lipinski definition) is 0. The molecule has 0 aliphatic carbocycles. The molecule has 216 valence electrons. The van der Waals surface area contributed by atoms with Crippen LogP contribution < -0.4 is 92.9 Å². The third-order valence-electron chi connectivity index (χ3n) is 10.8. The zero-order valence-electron chi connectivity index (χ0n) is 29.8. The first-order chi connectivity index (χ1) is 26.4. The second-order valence-corrected chi connectivity index (χ2v) is 13.7. The first-order valence-corrected chi connectivity index (χ1v) is 16.9. The van der Waals surface area contributed by atoms with Crippen LogP contribution in [0.3, 0.4) is 0 Å². The highest BCUT2D eigenvalue weighted by Crippen LogP contribution is 2.43. The Kier molecular flexibility index (Phi) is 9.38. The average Bonchev–Trinajstić information content (AvgIpc) is 3.57. The Morgan fingerprint density at radius 1 is 0.268 bits per heavy atom. The molecule has 0 saturated heterocycles. The maximum Gasteiger partial charge on any atom is 0.135 e. The summed E-state index contributed by atoms with van der Waals surface area (Å²) in [5.74, 6) is 0. The van der Waals surface area contributed by atoms with Crippen molar-refractivity contribution >= 4 is 270 Å². The molecule has 7 aromatic carbocycles. The minimum absolute atomic E-state index is 0.0107. The zero-order chi connectivity index (χ0) is 40.6. The summed E-state index contributed by atoms with van der Waals surface area (Å²) in [4.78, 5) is 0. The van der Waals surface area contributed by atoms with Crippen molar-refractivity contribution in [2.75, 3.05) is 0 Å². The van der Waals surface area contributed by atoms with E-state index in [0.717, 1.165) is 10.8 Å². The van der Waals surface area contributed by atoms with Crippen LogP contribution in [0.15, 0.2) is 46.9 Å². The maximum absolute atomic E-state index is 7.00. The van der Waals surface area contributed by atoms with Gasteiger partial charge in [-0.2, -0.15) is 0 Å². The van der Waals surface area contributed by atoms with Gasteiger partial charge in [0.1, 0.15) is 145 Å². The largest absolute Gasteiger partial charge is 0.456 e. The number of para-hydroxylation sites is 1. The molecule has 18 heteroatoms. The van der Waals surface area contributed by atoms with Gasteiger partial charge in [-0.15, -0.1) is 49.2 Å². The van der Waals surface area contributed by atoms with E-state index < -0.39 is 0 Å². The molecule has 8 aromatic rings. The van der Waals surface area contributed by atoms with Crippen molar-refractivity contribution < 1.29 is 4.42 Å². The Hall–Kier alpha value is -4.04. The van der Waals surface area contributed by atoms with Crippen molar-refractivity contribution in [3.63, 3.8) is 0 Å². The van der Waals surface area contributed by atoms with Crippen LogP contribution in [-0.4, -0.2) is 133 Å². The first kappa shape index (κ1) is 38.8. The van der Waals surface area contributed by atoms with Crippen LogP contribution >= 0.6 is 0 Å². The SMILES string of the molecule is [B]c1c([B])c([B])c(-c2c([B])c([B])c([B])c([B])c2-c2c3c([B])c([B])c([B])c([B])c3c(-c3ccc4oc5ccccc5c4c3)c3c([B])c([B])c([B])c([B])c23)c([B])c1[B]. The van der Waals surface area contributed by atoms with Gasteiger partial charge in [0.15, 0.2) is 0 Å². The van der Waals surface area contributed by atoms with Gasteiger partial charge in [-0.3, -0.25) is 0 Å². The molecule has 0 unspecified atom stereocenters. The molecule has 0 N–H and O–H groups in total. The lowest BCUT2D eigenvalue weighted by Gasteiger charge is -2.33. The lowest BCUT2D eigenvalue weighted by Crippen LogP contribution is -2.57. The van der Waals surface area contributed by atoms with Gasteiger partial charge in [0, 0.05) is 10.8 Å². The molecule has 0 spiro atoms. The summed E-state index contributed by atoms with van der Waals surface area (Å²) in [7, 11) is 114. The average molecular weight is 663 g/mol. The van der Waals surface area contributed by atoms with Crippen LogP contribution in [0.25, 0.3) is 76.9 Å². The summed E-state index contributed by atoms with van der Waals surface area (Å²) in [5.41, 5.74) is 1.67. The highest BCUT2D eigenvalue weighted by molar-refractivity contribution is 6.74. The van der Waals surface area contributed by atoms with Gasteiger partial charge < -0.3 is 4.42 Å². The molecule has 0 amide bonds. The second kappa shape index (κ2) is 13.5. The highest BCUT2D eigenvalue weighted by atomic mass is 16.3. The van der Waals surface area contributed by atoms with E-state index in [1.165, 1.54) is 0 Å². The minimum Gasteiger partial charge on any atom is -0.456 e. The quantitative estimate of drug-likeness (QED) is 0.135. The van der Waals surface area contributed by atoms with Crippen molar-refractivity contribution in [3.8, 4) is 33.4 Å². The molecule has 1 aromatic heterocycles. The molecule has 0 bridgehead atoms. The second-order valence-electron chi connectivity index (χ2n) is 13.7. The lowest BCUT2D eigenvalue weighted by atomic mass is 9.55. The first-order valence-electron chi connectivity index (χ1n) is 16.9. The van der Waals surface area contributed by atoms with E-state index in [2.05, 4.69) is 0 Å². The van der Waals surface area contributed by atoms with E-state index in [-0.39, 0.29) is 137 Å². The van der Waals surface area contributed by atoms with Crippen molar-refractivity contribution in [3.05, 3.63) is 42.5 Å². The van der Waals surface area contributed by atoms with Gasteiger partial charge >= 0.3 is 0 Å². The summed E-state index contributed by atoms with van der Waals surface area (Å²) < 4.78 is 6.14. The topological polar surface area (TPSA) is 13.1 Å². The number of furan rings is 1. The van der Waals surface area contributed by atoms with E-state index in [0.29, 0.717) is 22.3 Å². The Labute approximate surface area is 348 Å². The molecule has 1 heterocycles. The molecule has 0 aliphatic heterocycles. The van der Waals surface area contributed by atoms with Gasteiger partial charge in [0.05, 0.1) is 0 Å². The fraction of sp³-hybridized carbons (Fsp3) is 0. The zero-order valence-corrected chi connectivity index (χ0v) is 29.8. The minimum atomic E-state index is -0.110. The standard InChI is InChI=1S/C38H7B17O/c39-22-15-13(8-5-6-12-10(7-8)9-3-1-2-4-11(9)56-12)16-18(25(42)33(50)31(48)23(16)40)14(17(15)24(41)32(49)30(22)47)19-20(27(44)35(52)34(51)26(19)43)21-28(45)36(53)38(55)37(54)29(21)46/h1-7H. The van der Waals surface area contributed by atoms with Gasteiger partial charge in [0.25, 0.3) is 0 Å². The number of benzene rings is 7. The van der Waals surface area contributed by atoms with E-state index in [1.54, 1.807) is 0 Å². The normalized spacial score (nSPS) is 11.7. The van der Waals surface area contributed by atoms with Crippen molar-refractivity contribution in [1.82, 2.24) is 0 Å². The number of hydrogen-bond acceptors (Lipinski definition) is 1. The van der Waals surface area contributed by atoms with Gasteiger partial charge in [-0.05, 0) is 73.1 Å². The van der Waals surface area contributed by atoms with Crippen LogP contribution in [-0.2, 0) is 0 Å². The van der Waals surface area contributed by atoms with Gasteiger partial charge in [-0.25, -0.2) is 0 Å². The summed E-state index contributed by atoms with van der Waals surface area (Å²) in [6.45, 7) is 0. The Bertz CT molecular complexity index is 3000. The Balaban J connectivity index is 1.73. The predicted octanol–water partition coefficient (Wildman–Crippen LogP) is -9.61. The van der Waals surface area contributed by atoms with Gasteiger partial charge in [-0.1, -0.05) is 68.0 Å². The number of fused-ring (bicyclic) bond motifs is 5. The van der Waals surface area contributed by atoms with E-state index in [4.69, 9.17) is 138 Å². The summed E-state index contributed by atoms with van der Waals surface area (Å²) in [5, 5.41) is 2.61. The summed E-state index contributed by atoms with van der Waals surface area (Å²) in [6.07, 6.45) is 0. The van der Waals surface area contributed by atoms with Crippen molar-refractivity contribution in [2.24, 2.45) is 0 Å². The molecule has 8 rings (SSSR count). The van der Waals surface area contributed by atoms with E-state index in [1.807, 2.05) is 42.5 Å². The van der Waals surface area contributed by atoms with Crippen molar-refractivity contribution in [2.45, 2.75) is 0 Å². The number of rotatable bonds is 3. The van der Waals surface area contributed by atoms with Crippen LogP contribution in [0.4, 0.5) is 0 Å². The monoisotopic (exact) mass is 666 g/mol. The highest BCUT2D eigenvalue weighted by Gasteiger charge is 2.29. The van der Waals surface area contributed by atoms with Gasteiger partial charge in [0.2, 0.25) is 0 Å². The maximum atomic E-state index is 7.00. The molecule has 0 aliphatic rings. The Morgan fingerprint density at radius 3 is 1.07 bits per heavy atom. The van der Waals surface area contributed by atoms with E-state index >= 15 is 0 Å². The van der Waals surface area contributed by atoms with Crippen molar-refractivity contribution in [1.29, 1.82) is 0 Å². The molecule has 34 radical (unpaired) electrons. The van der Waals surface area contributed by atoms with E-state index in [9.17, 15) is 0 Å². The third-order valence-corrected chi connectivity index (χ3v) is 10.8. The third kappa shape index (κ3) is 5.19. The molecular formula is C38H7B17O. The fourth-order valence-corrected chi connectivity index (χ4v) is 7.83. The van der Waals surface area contributed by atoms with Crippen LogP contribution in [0.1, 0.15) is 0 Å². The molecule has 0 fully saturated rings. The molecule has 0 atom stereocenters. The smallest absolute Gasteiger partial charge is 0.135 e. The molecule has 0 saturated carbocycles. The fourth-order valence-electron chi connectivity index (χ4n) is 7.83. The Morgan fingerprint density at radius 2 is 0.607 bits per heavy atom. The molecule has 56 heavy (non-hydrogen) atoms. The molecule has 1 nitrogen and oxygen atoms in total. The van der Waals surface area contributed by atoms with Crippen LogP contribution in [0.5, 0.6) is 0 Å². The predicted molar refractivity (Wildman–Crippen MR) is 257 cm³/mol. The summed E-state index contributed by atoms with van der Waals surface area (Å²) >= 11 is 0. The lowest BCUT2D eigenvalue weighted by molar-refractivity contribution is 0.669.